The van der Waals surface area contributed by atoms with Gasteiger partial charge in [0.2, 0.25) is 0 Å². The minimum absolute atomic E-state index is 0.0931. The molecular weight excluding hydrogens is 367 g/mol. The molecule has 26 heavy (non-hydrogen) atoms. The number of hydrogen-bond acceptors (Lipinski definition) is 8. The molecule has 0 amide bonds. The van der Waals surface area contributed by atoms with Crippen molar-refractivity contribution >= 4 is 7.60 Å². The van der Waals surface area contributed by atoms with E-state index in [9.17, 15) is 24.8 Å². The lowest BCUT2D eigenvalue weighted by molar-refractivity contribution is -0.300. The van der Waals surface area contributed by atoms with Crippen LogP contribution < -0.4 is 0 Å². The molecule has 0 aromatic heterocycles. The van der Waals surface area contributed by atoms with E-state index < -0.39 is 50.1 Å². The number of aliphatic hydroxyl groups excluding tert-OH is 3. The van der Waals surface area contributed by atoms with Gasteiger partial charge in [-0.1, -0.05) is 0 Å². The van der Waals surface area contributed by atoms with Crippen LogP contribution in [0.1, 0.15) is 41.5 Å². The van der Waals surface area contributed by atoms with Crippen LogP contribution in [0.4, 0.5) is 0 Å². The normalized spacial score (nSPS) is 33.1. The smallest absolute Gasteiger partial charge is 0.333 e. The molecule has 1 fully saturated rings. The zero-order chi connectivity index (χ0) is 20.3. The van der Waals surface area contributed by atoms with E-state index in [4.69, 9.17) is 18.7 Å². The minimum atomic E-state index is -4.15. The first kappa shape index (κ1) is 23.9. The van der Waals surface area contributed by atoms with Gasteiger partial charge in [-0.15, -0.1) is 0 Å². The van der Waals surface area contributed by atoms with Gasteiger partial charge in [-0.05, 0) is 41.5 Å². The lowest BCUT2D eigenvalue weighted by Crippen LogP contribution is -2.60. The predicted octanol–water partition coefficient (Wildman–Crippen LogP) is 0.626. The minimum Gasteiger partial charge on any atom is -0.394 e. The summed E-state index contributed by atoms with van der Waals surface area (Å²) >= 11 is 0. The molecule has 1 rings (SSSR count). The Morgan fingerprint density at radius 2 is 1.62 bits per heavy atom. The third-order valence-corrected chi connectivity index (χ3v) is 6.06. The third kappa shape index (κ3) is 6.51. The zero-order valence-corrected chi connectivity index (χ0v) is 17.2. The first-order chi connectivity index (χ1) is 11.7. The first-order valence-corrected chi connectivity index (χ1v) is 10.2. The average Bonchev–Trinajstić information content (AvgIpc) is 2.48. The third-order valence-electron chi connectivity index (χ3n) is 3.83. The maximum absolute atomic E-state index is 12.4. The van der Waals surface area contributed by atoms with Crippen LogP contribution in [-0.2, 0) is 23.3 Å². The van der Waals surface area contributed by atoms with E-state index in [0.29, 0.717) is 0 Å². The fourth-order valence-corrected chi connectivity index (χ4v) is 3.06. The highest BCUT2D eigenvalue weighted by Gasteiger charge is 2.50. The van der Waals surface area contributed by atoms with Crippen molar-refractivity contribution in [1.82, 2.24) is 0 Å². The van der Waals surface area contributed by atoms with E-state index in [0.717, 1.165) is 0 Å². The molecule has 156 valence electrons. The van der Waals surface area contributed by atoms with Gasteiger partial charge in [0.05, 0.1) is 30.6 Å². The molecule has 1 aliphatic rings. The molecule has 1 aliphatic heterocycles. The summed E-state index contributed by atoms with van der Waals surface area (Å²) in [7, 11) is -4.15. The van der Waals surface area contributed by atoms with Gasteiger partial charge in [-0.3, -0.25) is 9.09 Å². The second-order valence-corrected chi connectivity index (χ2v) is 10.9. The van der Waals surface area contributed by atoms with Crippen LogP contribution in [0, 0.1) is 0 Å². The van der Waals surface area contributed by atoms with Crippen molar-refractivity contribution in [1.29, 1.82) is 0 Å². The fraction of sp³-hybridized carbons (Fsp3) is 1.00. The van der Waals surface area contributed by atoms with Crippen molar-refractivity contribution in [2.75, 3.05) is 19.8 Å². The van der Waals surface area contributed by atoms with E-state index in [-0.39, 0.29) is 18.8 Å². The van der Waals surface area contributed by atoms with Gasteiger partial charge in [-0.25, -0.2) is 0 Å². The van der Waals surface area contributed by atoms with Crippen molar-refractivity contribution in [3.05, 3.63) is 0 Å². The zero-order valence-electron chi connectivity index (χ0n) is 16.3. The molecule has 6 atom stereocenters. The lowest BCUT2D eigenvalue weighted by atomic mass is 9.99. The highest BCUT2D eigenvalue weighted by molar-refractivity contribution is 7.54. The summed E-state index contributed by atoms with van der Waals surface area (Å²) < 4.78 is 33.8. The second kappa shape index (κ2) is 8.94. The average molecular weight is 400 g/mol. The summed E-state index contributed by atoms with van der Waals surface area (Å²) in [6.07, 6.45) is -6.83. The van der Waals surface area contributed by atoms with Crippen molar-refractivity contribution in [3.8, 4) is 0 Å². The van der Waals surface area contributed by atoms with Gasteiger partial charge in [0.15, 0.2) is 6.29 Å². The van der Waals surface area contributed by atoms with Crippen molar-refractivity contribution < 1.29 is 43.5 Å². The summed E-state index contributed by atoms with van der Waals surface area (Å²) in [5.41, 5.74) is -0.350. The first-order valence-electron chi connectivity index (χ1n) is 8.59. The maximum Gasteiger partial charge on any atom is 0.333 e. The molecule has 1 heterocycles. The summed E-state index contributed by atoms with van der Waals surface area (Å²) in [4.78, 5) is 10.1. The Labute approximate surface area is 154 Å². The largest absolute Gasteiger partial charge is 0.394 e. The second-order valence-electron chi connectivity index (χ2n) is 8.30. The van der Waals surface area contributed by atoms with Gasteiger partial charge in [0.1, 0.15) is 24.4 Å². The molecule has 0 saturated carbocycles. The van der Waals surface area contributed by atoms with Crippen LogP contribution in [0.5, 0.6) is 0 Å². The Morgan fingerprint density at radius 1 is 1.04 bits per heavy atom. The van der Waals surface area contributed by atoms with E-state index in [1.807, 2.05) is 20.8 Å². The molecule has 0 spiro atoms. The molecule has 0 aromatic rings. The summed E-state index contributed by atoms with van der Waals surface area (Å²) in [5.74, 6) is 0. The highest BCUT2D eigenvalue weighted by Crippen LogP contribution is 2.56. The quantitative estimate of drug-likeness (QED) is 0.358. The van der Waals surface area contributed by atoms with Crippen LogP contribution in [0.2, 0.25) is 0 Å². The molecule has 6 unspecified atom stereocenters. The van der Waals surface area contributed by atoms with Crippen LogP contribution in [0.25, 0.3) is 0 Å². The number of ether oxygens (including phenoxy) is 3. The van der Waals surface area contributed by atoms with Crippen LogP contribution >= 0.6 is 7.60 Å². The van der Waals surface area contributed by atoms with E-state index in [1.165, 1.54) is 20.8 Å². The molecule has 9 nitrogen and oxygen atoms in total. The topological polar surface area (TPSA) is 135 Å². The summed E-state index contributed by atoms with van der Waals surface area (Å²) in [5, 5.41) is 28.9. The van der Waals surface area contributed by atoms with Crippen LogP contribution in [0.3, 0.4) is 0 Å². The molecule has 4 N–H and O–H groups in total. The summed E-state index contributed by atoms with van der Waals surface area (Å²) in [6.45, 7) is 9.93. The Morgan fingerprint density at radius 3 is 2.08 bits per heavy atom. The number of aliphatic hydroxyl groups is 3. The predicted molar refractivity (Wildman–Crippen MR) is 93.9 cm³/mol. The molecule has 0 aromatic carbocycles. The van der Waals surface area contributed by atoms with E-state index in [2.05, 4.69) is 0 Å². The van der Waals surface area contributed by atoms with E-state index >= 15 is 0 Å². The van der Waals surface area contributed by atoms with Crippen LogP contribution in [-0.4, -0.2) is 81.5 Å². The van der Waals surface area contributed by atoms with Crippen molar-refractivity contribution in [2.45, 2.75) is 83.0 Å². The molecule has 10 heteroatoms. The van der Waals surface area contributed by atoms with Gasteiger partial charge in [-0.2, -0.15) is 0 Å². The summed E-state index contributed by atoms with van der Waals surface area (Å²) in [6, 6.07) is 0. The Kier molecular flexibility index (Phi) is 8.24. The monoisotopic (exact) mass is 400 g/mol. The van der Waals surface area contributed by atoms with Crippen LogP contribution in [0.15, 0.2) is 0 Å². The Balaban J connectivity index is 2.74. The standard InChI is InChI=1S/C16H33O9P/c1-15(2,3)23-8-7-22-14-12(19)11(18)13(10(9-17)24-14)25-26(20,21)16(4,5)6/h10-14,17-19H,7-9H2,1-6H3,(H,20,21). The molecule has 1 saturated heterocycles. The Bertz CT molecular complexity index is 483. The van der Waals surface area contributed by atoms with Crippen molar-refractivity contribution in [2.24, 2.45) is 0 Å². The molecule has 0 bridgehead atoms. The Hall–Kier alpha value is -0.0900. The fourth-order valence-electron chi connectivity index (χ4n) is 2.16. The molecule has 0 aliphatic carbocycles. The van der Waals surface area contributed by atoms with Crippen molar-refractivity contribution in [3.63, 3.8) is 0 Å². The SMILES string of the molecule is CC(C)(C)OCCOC1OC(CO)C(OP(=O)(O)C(C)(C)C)C(O)C1O. The van der Waals surface area contributed by atoms with Gasteiger partial charge < -0.3 is 34.4 Å². The van der Waals surface area contributed by atoms with Gasteiger partial charge in [0.25, 0.3) is 0 Å². The van der Waals surface area contributed by atoms with Gasteiger partial charge >= 0.3 is 7.60 Å². The van der Waals surface area contributed by atoms with E-state index in [1.54, 1.807) is 0 Å². The number of rotatable bonds is 7. The molecular formula is C16H33O9P. The number of hydrogen-bond donors (Lipinski definition) is 4. The lowest BCUT2D eigenvalue weighted by Gasteiger charge is -2.43. The highest BCUT2D eigenvalue weighted by atomic mass is 31.2. The molecule has 0 radical (unpaired) electrons. The maximum atomic E-state index is 12.4. The van der Waals surface area contributed by atoms with Gasteiger partial charge in [0, 0.05) is 0 Å².